The SMILES string of the molecule is CN(c1ncc2c(N)ncc(Cl)c2n1)[C@H]1CC[C@H](O)CC1. The molecule has 2 aromatic heterocycles. The predicted octanol–water partition coefficient (Wildman–Crippen LogP) is 2.00. The maximum absolute atomic E-state index is 9.60. The second-order valence-electron chi connectivity index (χ2n) is 5.50. The minimum absolute atomic E-state index is 0.174. The van der Waals surface area contributed by atoms with Gasteiger partial charge in [0.15, 0.2) is 0 Å². The number of nitrogen functional groups attached to an aromatic ring is 1. The third kappa shape index (κ3) is 2.73. The van der Waals surface area contributed by atoms with Crippen molar-refractivity contribution in [2.24, 2.45) is 0 Å². The number of nitrogens with zero attached hydrogens (tertiary/aromatic N) is 4. The lowest BCUT2D eigenvalue weighted by Gasteiger charge is -2.33. The van der Waals surface area contributed by atoms with Gasteiger partial charge in [-0.1, -0.05) is 11.6 Å². The van der Waals surface area contributed by atoms with Crippen molar-refractivity contribution < 1.29 is 5.11 Å². The van der Waals surface area contributed by atoms with Gasteiger partial charge in [0.05, 0.1) is 28.2 Å². The van der Waals surface area contributed by atoms with Crippen molar-refractivity contribution in [1.82, 2.24) is 15.0 Å². The van der Waals surface area contributed by atoms with Crippen LogP contribution in [0.5, 0.6) is 0 Å². The highest BCUT2D eigenvalue weighted by atomic mass is 35.5. The van der Waals surface area contributed by atoms with Crippen LogP contribution in [0.1, 0.15) is 25.7 Å². The van der Waals surface area contributed by atoms with Crippen molar-refractivity contribution in [1.29, 1.82) is 0 Å². The van der Waals surface area contributed by atoms with Gasteiger partial charge in [0, 0.05) is 19.3 Å². The number of aromatic nitrogens is 3. The van der Waals surface area contributed by atoms with E-state index in [0.717, 1.165) is 25.7 Å². The minimum Gasteiger partial charge on any atom is -0.393 e. The smallest absolute Gasteiger partial charge is 0.225 e. The highest BCUT2D eigenvalue weighted by Gasteiger charge is 2.24. The number of anilines is 2. The number of fused-ring (bicyclic) bond motifs is 1. The molecule has 0 aliphatic heterocycles. The summed E-state index contributed by atoms with van der Waals surface area (Å²) < 4.78 is 0. The van der Waals surface area contributed by atoms with E-state index in [-0.39, 0.29) is 6.10 Å². The van der Waals surface area contributed by atoms with E-state index in [9.17, 15) is 5.11 Å². The molecule has 0 aromatic carbocycles. The lowest BCUT2D eigenvalue weighted by Crippen LogP contribution is -2.37. The standard InChI is InChI=1S/C14H18ClN5O/c1-20(8-2-4-9(21)5-3-8)14-18-6-10-12(19-14)11(15)7-17-13(10)16/h6-9,21H,2-5H2,1H3,(H2,16,17)/t8-,9-. The van der Waals surface area contributed by atoms with Crippen molar-refractivity contribution in [3.63, 3.8) is 0 Å². The van der Waals surface area contributed by atoms with Crippen LogP contribution < -0.4 is 10.6 Å². The second-order valence-corrected chi connectivity index (χ2v) is 5.90. The van der Waals surface area contributed by atoms with Gasteiger partial charge in [0.25, 0.3) is 0 Å². The number of hydrogen-bond donors (Lipinski definition) is 2. The van der Waals surface area contributed by atoms with Crippen LogP contribution >= 0.6 is 11.6 Å². The van der Waals surface area contributed by atoms with Gasteiger partial charge in [-0.2, -0.15) is 0 Å². The van der Waals surface area contributed by atoms with Crippen molar-refractivity contribution in [2.75, 3.05) is 17.7 Å². The quantitative estimate of drug-likeness (QED) is 0.882. The van der Waals surface area contributed by atoms with Crippen LogP contribution in [0, 0.1) is 0 Å². The van der Waals surface area contributed by atoms with Gasteiger partial charge in [-0.15, -0.1) is 0 Å². The van der Waals surface area contributed by atoms with E-state index in [2.05, 4.69) is 19.9 Å². The molecule has 1 aliphatic rings. The number of nitrogens with two attached hydrogens (primary N) is 1. The Balaban J connectivity index is 1.92. The lowest BCUT2D eigenvalue weighted by molar-refractivity contribution is 0.122. The summed E-state index contributed by atoms with van der Waals surface area (Å²) >= 11 is 6.15. The minimum atomic E-state index is -0.174. The van der Waals surface area contributed by atoms with Crippen LogP contribution in [-0.4, -0.2) is 39.3 Å². The number of halogens is 1. The van der Waals surface area contributed by atoms with E-state index < -0.39 is 0 Å². The summed E-state index contributed by atoms with van der Waals surface area (Å²) in [6, 6.07) is 0.337. The summed E-state index contributed by atoms with van der Waals surface area (Å²) in [5.41, 5.74) is 6.44. The molecule has 0 saturated heterocycles. The third-order valence-electron chi connectivity index (χ3n) is 4.12. The average molecular weight is 308 g/mol. The first-order chi connectivity index (χ1) is 10.1. The van der Waals surface area contributed by atoms with Gasteiger partial charge in [-0.05, 0) is 25.7 Å². The summed E-state index contributed by atoms with van der Waals surface area (Å²) in [4.78, 5) is 15.0. The molecule has 0 amide bonds. The van der Waals surface area contributed by atoms with E-state index in [0.29, 0.717) is 33.7 Å². The summed E-state index contributed by atoms with van der Waals surface area (Å²) in [6.07, 6.45) is 6.51. The monoisotopic (exact) mass is 307 g/mol. The maximum atomic E-state index is 9.60. The summed E-state index contributed by atoms with van der Waals surface area (Å²) in [6.45, 7) is 0. The average Bonchev–Trinajstić information content (AvgIpc) is 2.51. The largest absolute Gasteiger partial charge is 0.393 e. The normalized spacial score (nSPS) is 22.4. The zero-order valence-electron chi connectivity index (χ0n) is 11.8. The first kappa shape index (κ1) is 14.3. The Morgan fingerprint density at radius 3 is 2.67 bits per heavy atom. The van der Waals surface area contributed by atoms with Gasteiger partial charge < -0.3 is 15.7 Å². The number of pyridine rings is 1. The number of aliphatic hydroxyl groups excluding tert-OH is 1. The van der Waals surface area contributed by atoms with Crippen molar-refractivity contribution in [3.8, 4) is 0 Å². The Kier molecular flexibility index (Phi) is 3.82. The van der Waals surface area contributed by atoms with E-state index in [1.807, 2.05) is 7.05 Å². The van der Waals surface area contributed by atoms with Crippen molar-refractivity contribution >= 4 is 34.3 Å². The van der Waals surface area contributed by atoms with Gasteiger partial charge in [-0.25, -0.2) is 15.0 Å². The van der Waals surface area contributed by atoms with Crippen LogP contribution in [0.25, 0.3) is 10.9 Å². The number of rotatable bonds is 2. The molecule has 6 nitrogen and oxygen atoms in total. The van der Waals surface area contributed by atoms with Crippen LogP contribution in [0.3, 0.4) is 0 Å². The van der Waals surface area contributed by atoms with E-state index in [1.54, 1.807) is 6.20 Å². The molecule has 21 heavy (non-hydrogen) atoms. The Labute approximate surface area is 128 Å². The first-order valence-corrected chi connectivity index (χ1v) is 7.41. The highest BCUT2D eigenvalue weighted by Crippen LogP contribution is 2.28. The van der Waals surface area contributed by atoms with Gasteiger partial charge in [-0.3, -0.25) is 0 Å². The van der Waals surface area contributed by atoms with Crippen LogP contribution in [0.4, 0.5) is 11.8 Å². The molecule has 3 rings (SSSR count). The summed E-state index contributed by atoms with van der Waals surface area (Å²) in [5, 5.41) is 10.7. The number of aliphatic hydroxyl groups is 1. The molecule has 2 aromatic rings. The fourth-order valence-corrected chi connectivity index (χ4v) is 2.97. The lowest BCUT2D eigenvalue weighted by atomic mass is 9.92. The van der Waals surface area contributed by atoms with E-state index in [1.165, 1.54) is 6.20 Å². The van der Waals surface area contributed by atoms with Crippen LogP contribution in [0.2, 0.25) is 5.02 Å². The second kappa shape index (κ2) is 5.61. The maximum Gasteiger partial charge on any atom is 0.225 e. The zero-order chi connectivity index (χ0) is 15.0. The molecular weight excluding hydrogens is 290 g/mol. The number of hydrogen-bond acceptors (Lipinski definition) is 6. The van der Waals surface area contributed by atoms with Gasteiger partial charge >= 0.3 is 0 Å². The van der Waals surface area contributed by atoms with Crippen molar-refractivity contribution in [3.05, 3.63) is 17.4 Å². The molecule has 2 heterocycles. The topological polar surface area (TPSA) is 88.2 Å². The molecule has 0 spiro atoms. The first-order valence-electron chi connectivity index (χ1n) is 7.04. The fraction of sp³-hybridized carbons (Fsp3) is 0.500. The Hall–Kier alpha value is -1.66. The predicted molar refractivity (Wildman–Crippen MR) is 83.4 cm³/mol. The van der Waals surface area contributed by atoms with Gasteiger partial charge in [0.2, 0.25) is 5.95 Å². The molecule has 112 valence electrons. The Morgan fingerprint density at radius 1 is 1.24 bits per heavy atom. The molecule has 3 N–H and O–H groups in total. The molecule has 0 bridgehead atoms. The highest BCUT2D eigenvalue weighted by molar-refractivity contribution is 6.35. The van der Waals surface area contributed by atoms with Crippen molar-refractivity contribution in [2.45, 2.75) is 37.8 Å². The van der Waals surface area contributed by atoms with E-state index >= 15 is 0 Å². The fourth-order valence-electron chi connectivity index (χ4n) is 2.78. The zero-order valence-corrected chi connectivity index (χ0v) is 12.6. The van der Waals surface area contributed by atoms with E-state index in [4.69, 9.17) is 17.3 Å². The van der Waals surface area contributed by atoms with Crippen LogP contribution in [-0.2, 0) is 0 Å². The Morgan fingerprint density at radius 2 is 1.95 bits per heavy atom. The molecule has 0 unspecified atom stereocenters. The molecule has 7 heteroatoms. The third-order valence-corrected chi connectivity index (χ3v) is 4.40. The van der Waals surface area contributed by atoms with Gasteiger partial charge in [0.1, 0.15) is 5.82 Å². The molecule has 1 aliphatic carbocycles. The molecule has 0 atom stereocenters. The molecule has 1 saturated carbocycles. The molecule has 0 radical (unpaired) electrons. The summed E-state index contributed by atoms with van der Waals surface area (Å²) in [5.74, 6) is 1.00. The Bertz CT molecular complexity index is 657. The summed E-state index contributed by atoms with van der Waals surface area (Å²) in [7, 11) is 1.97. The molecule has 1 fully saturated rings. The van der Waals surface area contributed by atoms with Crippen LogP contribution in [0.15, 0.2) is 12.4 Å². The molecular formula is C14H18ClN5O.